The molecule has 0 bridgehead atoms. The molecule has 2 aromatic carbocycles. The Balaban J connectivity index is 1.57. The molecule has 1 aliphatic carbocycles. The van der Waals surface area contributed by atoms with Crippen LogP contribution in [0.25, 0.3) is 0 Å². The van der Waals surface area contributed by atoms with Gasteiger partial charge in [0.25, 0.3) is 0 Å². The molecular formula is C27H29FN6. The van der Waals surface area contributed by atoms with Crippen LogP contribution in [0, 0.1) is 5.82 Å². The first-order valence-electron chi connectivity index (χ1n) is 12.0. The van der Waals surface area contributed by atoms with Gasteiger partial charge in [0.1, 0.15) is 5.82 Å². The lowest BCUT2D eigenvalue weighted by Gasteiger charge is -2.33. The molecule has 2 aromatic heterocycles. The van der Waals surface area contributed by atoms with Crippen LogP contribution in [0.5, 0.6) is 0 Å². The van der Waals surface area contributed by atoms with Crippen LogP contribution in [0.1, 0.15) is 66.7 Å². The summed E-state index contributed by atoms with van der Waals surface area (Å²) in [5.74, 6) is 0.612. The minimum Gasteiger partial charge on any atom is -0.281 e. The Kier molecular flexibility index (Phi) is 7.00. The van der Waals surface area contributed by atoms with E-state index in [1.54, 1.807) is 0 Å². The van der Waals surface area contributed by atoms with Crippen LogP contribution in [-0.2, 0) is 13.1 Å². The average molecular weight is 457 g/mol. The normalized spacial score (nSPS) is 15.5. The molecule has 0 saturated heterocycles. The SMILES string of the molecule is Fc1ccc(CN(Cc2ccccc2)C(c2ccncc2)c2nnnn2C2CCCCC2)cc1. The van der Waals surface area contributed by atoms with Crippen LogP contribution in [0.2, 0.25) is 0 Å². The van der Waals surface area contributed by atoms with Gasteiger partial charge in [-0.25, -0.2) is 9.07 Å². The van der Waals surface area contributed by atoms with E-state index in [0.717, 1.165) is 29.8 Å². The molecule has 34 heavy (non-hydrogen) atoms. The van der Waals surface area contributed by atoms with Gasteiger partial charge < -0.3 is 0 Å². The van der Waals surface area contributed by atoms with E-state index in [4.69, 9.17) is 0 Å². The summed E-state index contributed by atoms with van der Waals surface area (Å²) in [6.07, 6.45) is 9.49. The van der Waals surface area contributed by atoms with Gasteiger partial charge in [0.2, 0.25) is 0 Å². The quantitative estimate of drug-likeness (QED) is 0.350. The number of benzene rings is 2. The van der Waals surface area contributed by atoms with Gasteiger partial charge >= 0.3 is 0 Å². The molecule has 1 saturated carbocycles. The highest BCUT2D eigenvalue weighted by Crippen LogP contribution is 2.34. The first kappa shape index (κ1) is 22.3. The van der Waals surface area contributed by atoms with Gasteiger partial charge in [-0.05, 0) is 64.2 Å². The van der Waals surface area contributed by atoms with Crippen LogP contribution in [0.4, 0.5) is 4.39 Å². The van der Waals surface area contributed by atoms with E-state index in [9.17, 15) is 4.39 Å². The van der Waals surface area contributed by atoms with Gasteiger partial charge in [-0.15, -0.1) is 5.10 Å². The molecule has 1 atom stereocenters. The third-order valence-electron chi connectivity index (χ3n) is 6.60. The first-order valence-corrected chi connectivity index (χ1v) is 12.0. The Morgan fingerprint density at radius 1 is 0.853 bits per heavy atom. The second kappa shape index (κ2) is 10.7. The standard InChI is InChI=1S/C27H29FN6/c28-24-13-11-22(12-14-24)20-33(19-21-7-3-1-4-8-21)26(23-15-17-29-18-16-23)27-30-31-32-34(27)25-9-5-2-6-10-25/h1,3-4,7-8,11-18,25-26H,2,5-6,9-10,19-20H2. The number of nitrogens with zero attached hydrogens (tertiary/aromatic N) is 6. The minimum atomic E-state index is -0.231. The third kappa shape index (κ3) is 5.20. The zero-order valence-electron chi connectivity index (χ0n) is 19.2. The second-order valence-corrected chi connectivity index (χ2v) is 8.97. The number of aromatic nitrogens is 5. The van der Waals surface area contributed by atoms with Crippen molar-refractivity contribution in [1.29, 1.82) is 0 Å². The second-order valence-electron chi connectivity index (χ2n) is 8.97. The average Bonchev–Trinajstić information content (AvgIpc) is 3.37. The molecule has 6 nitrogen and oxygen atoms in total. The van der Waals surface area contributed by atoms with E-state index in [0.29, 0.717) is 19.1 Å². The van der Waals surface area contributed by atoms with Crippen molar-refractivity contribution in [1.82, 2.24) is 30.1 Å². The van der Waals surface area contributed by atoms with Crippen LogP contribution in [-0.4, -0.2) is 30.1 Å². The number of pyridine rings is 1. The van der Waals surface area contributed by atoms with Crippen molar-refractivity contribution in [3.8, 4) is 0 Å². The highest BCUT2D eigenvalue weighted by molar-refractivity contribution is 5.25. The number of halogens is 1. The van der Waals surface area contributed by atoms with Gasteiger partial charge in [-0.3, -0.25) is 9.88 Å². The third-order valence-corrected chi connectivity index (χ3v) is 6.60. The summed E-state index contributed by atoms with van der Waals surface area (Å²) in [4.78, 5) is 6.60. The fourth-order valence-corrected chi connectivity index (χ4v) is 4.92. The van der Waals surface area contributed by atoms with E-state index >= 15 is 0 Å². The summed E-state index contributed by atoms with van der Waals surface area (Å²) in [6, 6.07) is 21.3. The maximum absolute atomic E-state index is 13.6. The molecule has 2 heterocycles. The Morgan fingerprint density at radius 3 is 2.24 bits per heavy atom. The van der Waals surface area contributed by atoms with E-state index < -0.39 is 0 Å². The highest BCUT2D eigenvalue weighted by Gasteiger charge is 2.31. The Labute approximate surface area is 199 Å². The molecule has 0 aliphatic heterocycles. The van der Waals surface area contributed by atoms with Gasteiger partial charge in [0.05, 0.1) is 12.1 Å². The Hall–Kier alpha value is -3.45. The predicted molar refractivity (Wildman–Crippen MR) is 128 cm³/mol. The zero-order valence-corrected chi connectivity index (χ0v) is 19.2. The zero-order chi connectivity index (χ0) is 23.2. The molecule has 0 spiro atoms. The Morgan fingerprint density at radius 2 is 1.53 bits per heavy atom. The topological polar surface area (TPSA) is 59.7 Å². The van der Waals surface area contributed by atoms with E-state index in [-0.39, 0.29) is 11.9 Å². The molecule has 7 heteroatoms. The van der Waals surface area contributed by atoms with E-state index in [1.807, 2.05) is 47.4 Å². The smallest absolute Gasteiger partial charge is 0.173 e. The highest BCUT2D eigenvalue weighted by atomic mass is 19.1. The largest absolute Gasteiger partial charge is 0.281 e. The molecule has 0 N–H and O–H groups in total. The van der Waals surface area contributed by atoms with E-state index in [1.165, 1.54) is 37.0 Å². The molecule has 1 aliphatic rings. The van der Waals surface area contributed by atoms with Crippen molar-refractivity contribution in [2.75, 3.05) is 0 Å². The summed E-state index contributed by atoms with van der Waals surface area (Å²) in [7, 11) is 0. The fourth-order valence-electron chi connectivity index (χ4n) is 4.92. The molecule has 0 amide bonds. The molecule has 174 valence electrons. The number of rotatable bonds is 8. The summed E-state index contributed by atoms with van der Waals surface area (Å²) < 4.78 is 15.7. The molecule has 0 radical (unpaired) electrons. The molecule has 5 rings (SSSR count). The van der Waals surface area contributed by atoms with Crippen molar-refractivity contribution in [2.45, 2.75) is 57.3 Å². The van der Waals surface area contributed by atoms with Crippen LogP contribution >= 0.6 is 0 Å². The Bertz CT molecular complexity index is 1160. The number of tetrazole rings is 1. The summed E-state index contributed by atoms with van der Waals surface area (Å²) in [5.41, 5.74) is 3.31. The molecule has 1 fully saturated rings. The monoisotopic (exact) mass is 456 g/mol. The van der Waals surface area contributed by atoms with Crippen LogP contribution < -0.4 is 0 Å². The van der Waals surface area contributed by atoms with Gasteiger partial charge in [-0.1, -0.05) is 61.7 Å². The van der Waals surface area contributed by atoms with Crippen molar-refractivity contribution in [2.24, 2.45) is 0 Å². The molecule has 4 aromatic rings. The van der Waals surface area contributed by atoms with Crippen molar-refractivity contribution in [3.05, 3.63) is 107 Å². The van der Waals surface area contributed by atoms with E-state index in [2.05, 4.69) is 49.7 Å². The minimum absolute atomic E-state index is 0.176. The lowest BCUT2D eigenvalue weighted by molar-refractivity contribution is 0.187. The number of hydrogen-bond donors (Lipinski definition) is 0. The summed E-state index contributed by atoms with van der Waals surface area (Å²) in [5, 5.41) is 13.1. The molecule has 1 unspecified atom stereocenters. The van der Waals surface area contributed by atoms with Crippen LogP contribution in [0.15, 0.2) is 79.1 Å². The maximum atomic E-state index is 13.6. The van der Waals surface area contributed by atoms with Gasteiger partial charge in [0, 0.05) is 25.5 Å². The van der Waals surface area contributed by atoms with Crippen molar-refractivity contribution >= 4 is 0 Å². The molecular weight excluding hydrogens is 427 g/mol. The van der Waals surface area contributed by atoms with Crippen molar-refractivity contribution in [3.63, 3.8) is 0 Å². The van der Waals surface area contributed by atoms with Crippen LogP contribution in [0.3, 0.4) is 0 Å². The summed E-state index contributed by atoms with van der Waals surface area (Å²) >= 11 is 0. The summed E-state index contributed by atoms with van der Waals surface area (Å²) in [6.45, 7) is 1.32. The maximum Gasteiger partial charge on any atom is 0.173 e. The lowest BCUT2D eigenvalue weighted by Crippen LogP contribution is -2.32. The number of hydrogen-bond acceptors (Lipinski definition) is 5. The van der Waals surface area contributed by atoms with Gasteiger partial charge in [-0.2, -0.15) is 0 Å². The van der Waals surface area contributed by atoms with Crippen molar-refractivity contribution < 1.29 is 4.39 Å². The van der Waals surface area contributed by atoms with Gasteiger partial charge in [0.15, 0.2) is 5.82 Å². The first-order chi connectivity index (χ1) is 16.8. The predicted octanol–water partition coefficient (Wildman–Crippen LogP) is 5.50. The lowest BCUT2D eigenvalue weighted by atomic mass is 9.95. The fraction of sp³-hybridized carbons (Fsp3) is 0.333.